The van der Waals surface area contributed by atoms with Gasteiger partial charge in [-0.05, 0) is 41.3 Å². The minimum absolute atomic E-state index is 0.0659. The number of carbonyl (C=O) groups is 1. The van der Waals surface area contributed by atoms with Gasteiger partial charge >= 0.3 is 5.82 Å². The highest BCUT2D eigenvalue weighted by Gasteiger charge is 2.28. The van der Waals surface area contributed by atoms with E-state index in [0.29, 0.717) is 57.7 Å². The number of aliphatic imine (C=N–C) groups is 1. The average Bonchev–Trinajstić information content (AvgIpc) is 3.33. The number of likely N-dealkylation sites (N-methyl/N-ethyl adjacent to an activating group) is 1. The number of anilines is 2. The number of ketones is 1. The fraction of sp³-hybridized carbons (Fsp3) is 0.222. The molecule has 0 unspecified atom stereocenters. The second-order valence-corrected chi connectivity index (χ2v) is 9.40. The van der Waals surface area contributed by atoms with Crippen LogP contribution in [0.25, 0.3) is 10.9 Å². The van der Waals surface area contributed by atoms with Crippen molar-refractivity contribution in [3.63, 3.8) is 0 Å². The Kier molecular flexibility index (Phi) is 7.64. The van der Waals surface area contributed by atoms with E-state index in [1.165, 1.54) is 24.5 Å². The van der Waals surface area contributed by atoms with E-state index < -0.39 is 10.7 Å². The Balaban J connectivity index is 1.43. The second kappa shape index (κ2) is 11.1. The van der Waals surface area contributed by atoms with E-state index in [1.807, 2.05) is 14.1 Å². The van der Waals surface area contributed by atoms with Gasteiger partial charge in [0, 0.05) is 23.2 Å². The van der Waals surface area contributed by atoms with Crippen molar-refractivity contribution in [2.75, 3.05) is 32.5 Å². The maximum Gasteiger partial charge on any atom is 0.368 e. The van der Waals surface area contributed by atoms with Gasteiger partial charge in [-0.15, -0.1) is 6.42 Å². The maximum absolute atomic E-state index is 13.8. The second-order valence-electron chi connectivity index (χ2n) is 9.40. The number of nitrogens with one attached hydrogen (secondary N) is 1. The molecule has 0 fully saturated rings. The standard InChI is InChI=1S/C27H25FN7O3/c1-4-18-12-20(7-8-24(18)28)33-26-23-14-21(30-15-25(23)31-17-32-26)13-22(36)6-5-11-35(2,3)16-19-9-10-29-27(19)34(37)38/h1,5-8,10,12,14-15,17H,9,11,13,16H2,2-3H3,(H,31,32,33)/q+1/b6-5+. The monoisotopic (exact) mass is 514 g/mol. The third-order valence-electron chi connectivity index (χ3n) is 5.88. The number of quaternary nitrogens is 1. The fourth-order valence-electron chi connectivity index (χ4n) is 4.07. The molecule has 192 valence electrons. The molecular formula is C27H25FN7O3+. The first kappa shape index (κ1) is 26.2. The summed E-state index contributed by atoms with van der Waals surface area (Å²) in [5.41, 5.74) is 2.46. The predicted molar refractivity (Wildman–Crippen MR) is 142 cm³/mol. The molecular weight excluding hydrogens is 489 g/mol. The van der Waals surface area contributed by atoms with Crippen LogP contribution in [0.1, 0.15) is 17.7 Å². The summed E-state index contributed by atoms with van der Waals surface area (Å²) in [7, 11) is 3.87. The Labute approximate surface area is 218 Å². The summed E-state index contributed by atoms with van der Waals surface area (Å²) in [6, 6.07) is 6.07. The van der Waals surface area contributed by atoms with Crippen molar-refractivity contribution < 1.29 is 18.6 Å². The van der Waals surface area contributed by atoms with Crippen molar-refractivity contribution in [1.29, 1.82) is 0 Å². The quantitative estimate of drug-likeness (QED) is 0.144. The lowest BCUT2D eigenvalue weighted by atomic mass is 10.1. The summed E-state index contributed by atoms with van der Waals surface area (Å²) in [4.78, 5) is 40.0. The maximum atomic E-state index is 13.8. The Bertz CT molecular complexity index is 1550. The first-order valence-corrected chi connectivity index (χ1v) is 11.7. The Morgan fingerprint density at radius 3 is 2.87 bits per heavy atom. The smallest absolute Gasteiger partial charge is 0.358 e. The Morgan fingerprint density at radius 1 is 1.29 bits per heavy atom. The number of rotatable bonds is 10. The molecule has 0 saturated carbocycles. The molecule has 11 heteroatoms. The van der Waals surface area contributed by atoms with Gasteiger partial charge in [-0.2, -0.15) is 0 Å². The number of aromatic nitrogens is 3. The number of pyridine rings is 1. The molecule has 1 aliphatic heterocycles. The first-order valence-electron chi connectivity index (χ1n) is 11.7. The Hall–Kier alpha value is -4.82. The van der Waals surface area contributed by atoms with Gasteiger partial charge in [-0.3, -0.25) is 9.78 Å². The van der Waals surface area contributed by atoms with Gasteiger partial charge in [0.1, 0.15) is 30.7 Å². The number of hydrogen-bond acceptors (Lipinski definition) is 8. The number of carbonyl (C=O) groups excluding carboxylic acids is 1. The van der Waals surface area contributed by atoms with Gasteiger partial charge in [0.05, 0.1) is 49.9 Å². The number of fused-ring (bicyclic) bond motifs is 1. The predicted octanol–water partition coefficient (Wildman–Crippen LogP) is 3.60. The lowest BCUT2D eigenvalue weighted by molar-refractivity contribution is -0.880. The van der Waals surface area contributed by atoms with Crippen molar-refractivity contribution >= 4 is 34.4 Å². The average molecular weight is 515 g/mol. The number of halogens is 1. The van der Waals surface area contributed by atoms with Crippen LogP contribution in [-0.2, 0) is 11.2 Å². The number of benzene rings is 1. The van der Waals surface area contributed by atoms with Crippen LogP contribution in [0.2, 0.25) is 0 Å². The molecule has 10 nitrogen and oxygen atoms in total. The van der Waals surface area contributed by atoms with Gasteiger partial charge in [0.15, 0.2) is 5.78 Å². The highest BCUT2D eigenvalue weighted by Crippen LogP contribution is 2.25. The zero-order valence-corrected chi connectivity index (χ0v) is 20.9. The van der Waals surface area contributed by atoms with E-state index in [4.69, 9.17) is 6.42 Å². The van der Waals surface area contributed by atoms with E-state index in [0.717, 1.165) is 0 Å². The summed E-state index contributed by atoms with van der Waals surface area (Å²) in [5.74, 6) is 2.05. The van der Waals surface area contributed by atoms with Crippen molar-refractivity contribution in [2.24, 2.45) is 4.99 Å². The molecule has 3 heterocycles. The fourth-order valence-corrected chi connectivity index (χ4v) is 4.07. The van der Waals surface area contributed by atoms with Crippen LogP contribution in [0.15, 0.2) is 65.3 Å². The molecule has 1 N–H and O–H groups in total. The number of terminal acetylenes is 1. The van der Waals surface area contributed by atoms with Gasteiger partial charge in [0.25, 0.3) is 0 Å². The zero-order valence-electron chi connectivity index (χ0n) is 20.9. The van der Waals surface area contributed by atoms with Crippen molar-refractivity contribution in [2.45, 2.75) is 12.8 Å². The number of nitro groups is 1. The zero-order chi connectivity index (χ0) is 27.3. The SMILES string of the molecule is C#Cc1cc(Nc2ncnc3cnc(CC(=O)/C=C/C[N+](C)(C)CC4=C([N+](=O)[O-])N=CC4)cc23)ccc1F. The number of allylic oxidation sites excluding steroid dienone is 1. The van der Waals surface area contributed by atoms with Crippen LogP contribution in [0.5, 0.6) is 0 Å². The van der Waals surface area contributed by atoms with Gasteiger partial charge < -0.3 is 19.9 Å². The van der Waals surface area contributed by atoms with E-state index in [1.54, 1.807) is 30.6 Å². The summed E-state index contributed by atoms with van der Waals surface area (Å²) >= 11 is 0. The summed E-state index contributed by atoms with van der Waals surface area (Å²) in [6.45, 7) is 0.957. The molecule has 2 aromatic heterocycles. The van der Waals surface area contributed by atoms with Crippen LogP contribution in [0.4, 0.5) is 15.9 Å². The third-order valence-corrected chi connectivity index (χ3v) is 5.88. The lowest BCUT2D eigenvalue weighted by Gasteiger charge is -2.28. The Morgan fingerprint density at radius 2 is 2.11 bits per heavy atom. The molecule has 0 aliphatic carbocycles. The van der Waals surface area contributed by atoms with Crippen LogP contribution in [0.3, 0.4) is 0 Å². The molecule has 0 atom stereocenters. The highest BCUT2D eigenvalue weighted by molar-refractivity contribution is 5.93. The van der Waals surface area contributed by atoms with Crippen molar-refractivity contribution in [1.82, 2.24) is 15.0 Å². The van der Waals surface area contributed by atoms with E-state index in [-0.39, 0.29) is 23.6 Å². The van der Waals surface area contributed by atoms with Gasteiger partial charge in [0.2, 0.25) is 0 Å². The van der Waals surface area contributed by atoms with Crippen molar-refractivity contribution in [3.8, 4) is 12.3 Å². The highest BCUT2D eigenvalue weighted by atomic mass is 19.1. The molecule has 0 saturated heterocycles. The number of nitrogens with zero attached hydrogens (tertiary/aromatic N) is 6. The topological polar surface area (TPSA) is 123 Å². The first-order chi connectivity index (χ1) is 18.1. The third kappa shape index (κ3) is 6.29. The summed E-state index contributed by atoms with van der Waals surface area (Å²) < 4.78 is 14.2. The van der Waals surface area contributed by atoms with Crippen LogP contribution in [-0.4, -0.2) is 63.5 Å². The molecule has 0 spiro atoms. The van der Waals surface area contributed by atoms with E-state index in [2.05, 4.69) is 31.2 Å². The molecule has 1 aromatic carbocycles. The van der Waals surface area contributed by atoms with Gasteiger partial charge in [-0.1, -0.05) is 10.9 Å². The minimum atomic E-state index is -0.489. The van der Waals surface area contributed by atoms with Crippen molar-refractivity contribution in [3.05, 3.63) is 87.5 Å². The molecule has 3 aromatic rings. The minimum Gasteiger partial charge on any atom is -0.358 e. The van der Waals surface area contributed by atoms with Gasteiger partial charge in [-0.25, -0.2) is 14.4 Å². The molecule has 4 rings (SSSR count). The van der Waals surface area contributed by atoms with E-state index >= 15 is 0 Å². The largest absolute Gasteiger partial charge is 0.368 e. The van der Waals surface area contributed by atoms with E-state index in [9.17, 15) is 19.3 Å². The number of hydrogen-bond donors (Lipinski definition) is 1. The molecule has 0 amide bonds. The molecule has 38 heavy (non-hydrogen) atoms. The molecule has 0 radical (unpaired) electrons. The van der Waals surface area contributed by atoms with Crippen LogP contribution in [0, 0.1) is 28.3 Å². The normalized spacial score (nSPS) is 13.3. The molecule has 1 aliphatic rings. The summed E-state index contributed by atoms with van der Waals surface area (Å²) in [6.07, 6.45) is 13.6. The lowest BCUT2D eigenvalue weighted by Crippen LogP contribution is -2.41. The van der Waals surface area contributed by atoms with Crippen LogP contribution < -0.4 is 5.32 Å². The summed E-state index contributed by atoms with van der Waals surface area (Å²) in [5, 5.41) is 14.9. The van der Waals surface area contributed by atoms with Crippen LogP contribution >= 0.6 is 0 Å². The molecule has 0 bridgehead atoms.